The number of nitrogens with one attached hydrogen (secondary N) is 1. The minimum atomic E-state index is 0.167. The summed E-state index contributed by atoms with van der Waals surface area (Å²) in [6.07, 6.45) is 14.5. The zero-order valence-corrected chi connectivity index (χ0v) is 13.1. The van der Waals surface area contributed by atoms with Crippen LogP contribution in [0.3, 0.4) is 0 Å². The number of hydrogen-bond donors (Lipinski definition) is 1. The fourth-order valence-electron chi connectivity index (χ4n) is 2.96. The van der Waals surface area contributed by atoms with Crippen LogP contribution in [0.5, 0.6) is 0 Å². The van der Waals surface area contributed by atoms with E-state index in [4.69, 9.17) is 11.2 Å². The normalized spacial score (nSPS) is 31.5. The van der Waals surface area contributed by atoms with Crippen LogP contribution in [0.1, 0.15) is 64.2 Å². The molecular weight excluding hydrogens is 266 g/mol. The molecule has 2 aliphatic rings. The molecule has 0 aromatic heterocycles. The summed E-state index contributed by atoms with van der Waals surface area (Å²) in [7, 11) is 1.97. The Hall–Kier alpha value is 0.880. The molecule has 4 heteroatoms. The molecule has 2 atom stereocenters. The van der Waals surface area contributed by atoms with Crippen molar-refractivity contribution in [1.82, 2.24) is 4.72 Å². The first-order valence-electron chi connectivity index (χ1n) is 7.16. The summed E-state index contributed by atoms with van der Waals surface area (Å²) in [6.45, 7) is 0. The highest BCUT2D eigenvalue weighted by atomic mass is 33.3. The van der Waals surface area contributed by atoms with Crippen molar-refractivity contribution in [1.29, 1.82) is 0 Å². The number of rotatable bonds is 5. The molecule has 0 bridgehead atoms. The van der Waals surface area contributed by atoms with Crippen molar-refractivity contribution < 1.29 is 0 Å². The summed E-state index contributed by atoms with van der Waals surface area (Å²) in [5.41, 5.74) is 0. The maximum Gasteiger partial charge on any atom is 0.0188 e. The smallest absolute Gasteiger partial charge is 0.0188 e. The van der Waals surface area contributed by atoms with Crippen LogP contribution in [-0.2, 0) is 19.7 Å². The van der Waals surface area contributed by atoms with Crippen LogP contribution < -0.4 is 4.72 Å². The van der Waals surface area contributed by atoms with Gasteiger partial charge in [-0.05, 0) is 49.4 Å². The van der Waals surface area contributed by atoms with E-state index < -0.39 is 0 Å². The molecule has 1 saturated carbocycles. The molecule has 17 heavy (non-hydrogen) atoms. The van der Waals surface area contributed by atoms with Gasteiger partial charge in [0, 0.05) is 11.8 Å². The van der Waals surface area contributed by atoms with E-state index in [0.717, 1.165) is 12.0 Å². The third kappa shape index (κ3) is 5.58. The second-order valence-corrected chi connectivity index (χ2v) is 10.4. The molecule has 100 valence electrons. The molecule has 0 aromatic carbocycles. The highest BCUT2D eigenvalue weighted by Crippen LogP contribution is 2.28. The highest BCUT2D eigenvalue weighted by Gasteiger charge is 2.16. The predicted octanol–water partition coefficient (Wildman–Crippen LogP) is 4.13. The van der Waals surface area contributed by atoms with Crippen LogP contribution in [-0.4, -0.2) is 11.8 Å². The number of hydrogen-bond acceptors (Lipinski definition) is 3. The van der Waals surface area contributed by atoms with E-state index in [1.807, 2.05) is 0 Å². The van der Waals surface area contributed by atoms with Gasteiger partial charge in [-0.2, -0.15) is 0 Å². The molecule has 2 rings (SSSR count). The van der Waals surface area contributed by atoms with Gasteiger partial charge < -0.3 is 0 Å². The Balaban J connectivity index is 1.49. The molecule has 1 saturated heterocycles. The molecule has 1 nitrogen and oxygen atoms in total. The first kappa shape index (κ1) is 14.3. The molecule has 0 aromatic rings. The fraction of sp³-hybridized carbons (Fsp3) is 1.00. The predicted molar refractivity (Wildman–Crippen MR) is 83.8 cm³/mol. The number of unbranched alkanes of at least 4 members (excludes halogenated alkanes) is 1. The van der Waals surface area contributed by atoms with Gasteiger partial charge in [0.1, 0.15) is 0 Å². The lowest BCUT2D eigenvalue weighted by molar-refractivity contribution is 0.326. The van der Waals surface area contributed by atoms with Gasteiger partial charge in [-0.15, -0.1) is 0 Å². The van der Waals surface area contributed by atoms with Crippen molar-refractivity contribution in [3.63, 3.8) is 0 Å². The molecule has 1 heterocycles. The van der Waals surface area contributed by atoms with Crippen molar-refractivity contribution in [2.75, 3.05) is 5.75 Å². The molecule has 1 N–H and O–H groups in total. The molecule has 0 radical (unpaired) electrons. The molecule has 0 spiro atoms. The Kier molecular flexibility index (Phi) is 6.84. The Morgan fingerprint density at radius 1 is 1.06 bits per heavy atom. The topological polar surface area (TPSA) is 12.0 Å². The molecular formula is C13H25NS3. The third-order valence-electron chi connectivity index (χ3n) is 4.08. The zero-order chi connectivity index (χ0) is 11.9. The summed E-state index contributed by atoms with van der Waals surface area (Å²) in [6, 6.07) is 0.748. The molecule has 2 fully saturated rings. The monoisotopic (exact) mass is 291 g/mol. The van der Waals surface area contributed by atoms with Crippen LogP contribution in [0.4, 0.5) is 0 Å². The first-order valence-corrected chi connectivity index (χ1v) is 10.8. The van der Waals surface area contributed by atoms with Crippen molar-refractivity contribution >= 4 is 30.7 Å². The Morgan fingerprint density at radius 2 is 1.82 bits per heavy atom. The van der Waals surface area contributed by atoms with Gasteiger partial charge in [-0.3, -0.25) is 4.72 Å². The Bertz CT molecular complexity index is 229. The standard InChI is InChI=1S/C13H25NS3/c15-17-11-10-13(14-16-17)9-5-4-8-12-6-2-1-3-7-12/h12-14H,1-11H2. The lowest BCUT2D eigenvalue weighted by Crippen LogP contribution is -2.29. The maximum atomic E-state index is 5.29. The SMILES string of the molecule is S=S1CCC(CCCCC2CCCCC2)NS1. The van der Waals surface area contributed by atoms with Gasteiger partial charge in [0.15, 0.2) is 0 Å². The summed E-state index contributed by atoms with van der Waals surface area (Å²) in [5.74, 6) is 2.32. The van der Waals surface area contributed by atoms with Gasteiger partial charge >= 0.3 is 0 Å². The summed E-state index contributed by atoms with van der Waals surface area (Å²) >= 11 is 5.29. The second-order valence-electron chi connectivity index (χ2n) is 5.48. The maximum absolute atomic E-state index is 5.29. The summed E-state index contributed by atoms with van der Waals surface area (Å²) in [5, 5.41) is 0. The van der Waals surface area contributed by atoms with Gasteiger partial charge in [-0.25, -0.2) is 0 Å². The van der Waals surface area contributed by atoms with E-state index in [9.17, 15) is 0 Å². The van der Waals surface area contributed by atoms with E-state index in [-0.39, 0.29) is 8.49 Å². The van der Waals surface area contributed by atoms with E-state index in [1.165, 1.54) is 70.0 Å². The molecule has 2 unspecified atom stereocenters. The van der Waals surface area contributed by atoms with E-state index in [1.54, 1.807) is 11.0 Å². The third-order valence-corrected chi connectivity index (χ3v) is 7.72. The van der Waals surface area contributed by atoms with Gasteiger partial charge in [0.05, 0.1) is 0 Å². The quantitative estimate of drug-likeness (QED) is 0.465. The average Bonchev–Trinajstić information content (AvgIpc) is 2.38. The van der Waals surface area contributed by atoms with Crippen molar-refractivity contribution in [2.45, 2.75) is 70.3 Å². The van der Waals surface area contributed by atoms with Crippen LogP contribution in [0.15, 0.2) is 0 Å². The lowest BCUT2D eigenvalue weighted by atomic mass is 9.85. The van der Waals surface area contributed by atoms with Crippen LogP contribution >= 0.6 is 11.0 Å². The Labute approximate surface area is 117 Å². The van der Waals surface area contributed by atoms with Crippen molar-refractivity contribution in [3.8, 4) is 0 Å². The lowest BCUT2D eigenvalue weighted by Gasteiger charge is -2.24. The van der Waals surface area contributed by atoms with Crippen LogP contribution in [0.25, 0.3) is 0 Å². The largest absolute Gasteiger partial charge is 0.251 e. The van der Waals surface area contributed by atoms with Gasteiger partial charge in [0.2, 0.25) is 0 Å². The summed E-state index contributed by atoms with van der Waals surface area (Å²) in [4.78, 5) is 0. The average molecular weight is 292 g/mol. The van der Waals surface area contributed by atoms with Gasteiger partial charge in [-0.1, -0.05) is 51.4 Å². The highest BCUT2D eigenvalue weighted by molar-refractivity contribution is 8.82. The van der Waals surface area contributed by atoms with Crippen LogP contribution in [0.2, 0.25) is 0 Å². The zero-order valence-electron chi connectivity index (χ0n) is 10.7. The van der Waals surface area contributed by atoms with Crippen molar-refractivity contribution in [2.24, 2.45) is 5.92 Å². The van der Waals surface area contributed by atoms with E-state index in [0.29, 0.717) is 0 Å². The fourth-order valence-corrected chi connectivity index (χ4v) is 5.91. The minimum Gasteiger partial charge on any atom is -0.251 e. The molecule has 1 aliphatic carbocycles. The van der Waals surface area contributed by atoms with E-state index in [2.05, 4.69) is 4.72 Å². The molecule has 0 amide bonds. The second kappa shape index (κ2) is 8.13. The summed E-state index contributed by atoms with van der Waals surface area (Å²) < 4.78 is 3.53. The molecule has 1 aliphatic heterocycles. The first-order chi connectivity index (χ1) is 8.34. The van der Waals surface area contributed by atoms with Crippen LogP contribution in [0, 0.1) is 5.92 Å². The van der Waals surface area contributed by atoms with E-state index >= 15 is 0 Å². The van der Waals surface area contributed by atoms with Crippen molar-refractivity contribution in [3.05, 3.63) is 0 Å². The minimum absolute atomic E-state index is 0.167. The Morgan fingerprint density at radius 3 is 2.53 bits per heavy atom. The van der Waals surface area contributed by atoms with Gasteiger partial charge in [0.25, 0.3) is 0 Å².